The molecule has 156 valence electrons. The van der Waals surface area contributed by atoms with Crippen molar-refractivity contribution < 1.29 is 13.3 Å². The van der Waals surface area contributed by atoms with Crippen molar-refractivity contribution in [1.29, 1.82) is 0 Å². The van der Waals surface area contributed by atoms with Crippen LogP contribution in [0.3, 0.4) is 0 Å². The first kappa shape index (κ1) is 20.5. The molecule has 0 N–H and O–H groups in total. The summed E-state index contributed by atoms with van der Waals surface area (Å²) in [7, 11) is -3.68. The van der Waals surface area contributed by atoms with Crippen LogP contribution in [-0.4, -0.2) is 48.8 Å². The van der Waals surface area contributed by atoms with Gasteiger partial charge in [0, 0.05) is 49.3 Å². The number of aromatic nitrogens is 1. The molecule has 2 heterocycles. The van der Waals surface area contributed by atoms with Crippen LogP contribution in [0.5, 0.6) is 0 Å². The first-order valence-corrected chi connectivity index (χ1v) is 11.7. The number of aryl methyl sites for hydroxylation is 1. The number of anilines is 1. The van der Waals surface area contributed by atoms with E-state index in [0.29, 0.717) is 26.2 Å². The van der Waals surface area contributed by atoms with Crippen LogP contribution >= 0.6 is 11.3 Å². The zero-order valence-corrected chi connectivity index (χ0v) is 17.9. The maximum Gasteiger partial charge on any atom is 0.269 e. The number of nitro benzene ring substituents is 1. The number of thiazole rings is 1. The van der Waals surface area contributed by atoms with E-state index in [1.165, 1.54) is 34.1 Å². The highest BCUT2D eigenvalue weighted by Gasteiger charge is 2.29. The summed E-state index contributed by atoms with van der Waals surface area (Å²) in [6, 6.07) is 13.2. The normalized spacial score (nSPS) is 15.3. The smallest absolute Gasteiger partial charge is 0.269 e. The van der Waals surface area contributed by atoms with Crippen LogP contribution < -0.4 is 4.90 Å². The van der Waals surface area contributed by atoms with Crippen LogP contribution in [0.2, 0.25) is 0 Å². The van der Waals surface area contributed by atoms with Gasteiger partial charge in [0.25, 0.3) is 5.69 Å². The lowest BCUT2D eigenvalue weighted by molar-refractivity contribution is -0.384. The molecule has 10 heteroatoms. The van der Waals surface area contributed by atoms with E-state index in [1.54, 1.807) is 11.3 Å². The molecule has 0 spiro atoms. The summed E-state index contributed by atoms with van der Waals surface area (Å²) in [4.78, 5) is 17.1. The zero-order valence-electron chi connectivity index (χ0n) is 16.3. The predicted molar refractivity (Wildman–Crippen MR) is 116 cm³/mol. The third kappa shape index (κ3) is 4.07. The summed E-state index contributed by atoms with van der Waals surface area (Å²) in [6.45, 7) is 3.78. The van der Waals surface area contributed by atoms with E-state index in [2.05, 4.69) is 17.0 Å². The number of sulfonamides is 1. The number of rotatable bonds is 5. The molecule has 1 fully saturated rings. The van der Waals surface area contributed by atoms with Crippen molar-refractivity contribution >= 4 is 32.2 Å². The average molecular weight is 445 g/mol. The number of hydrogen-bond donors (Lipinski definition) is 0. The van der Waals surface area contributed by atoms with E-state index < -0.39 is 14.9 Å². The maximum atomic E-state index is 12.9. The van der Waals surface area contributed by atoms with E-state index in [-0.39, 0.29) is 10.6 Å². The fourth-order valence-corrected chi connectivity index (χ4v) is 5.59. The summed E-state index contributed by atoms with van der Waals surface area (Å²) in [5, 5.41) is 13.7. The van der Waals surface area contributed by atoms with Gasteiger partial charge in [-0.3, -0.25) is 10.1 Å². The van der Waals surface area contributed by atoms with Gasteiger partial charge >= 0.3 is 0 Å². The molecular weight excluding hydrogens is 424 g/mol. The second-order valence-electron chi connectivity index (χ2n) is 7.02. The van der Waals surface area contributed by atoms with E-state index >= 15 is 0 Å². The van der Waals surface area contributed by atoms with Crippen LogP contribution in [0.1, 0.15) is 5.56 Å². The summed E-state index contributed by atoms with van der Waals surface area (Å²) in [6.07, 6.45) is 0. The van der Waals surface area contributed by atoms with Crippen molar-refractivity contribution in [2.45, 2.75) is 11.8 Å². The Hall–Kier alpha value is -2.82. The SMILES string of the molecule is Cc1ccc(-c2csc(N3CCN(S(=O)(=O)c4ccc([N+](=O)[O-])cc4)CC3)n2)cc1. The van der Waals surface area contributed by atoms with Gasteiger partial charge < -0.3 is 4.90 Å². The van der Waals surface area contributed by atoms with Gasteiger partial charge in [0.05, 0.1) is 15.5 Å². The standard InChI is InChI=1S/C20H20N4O4S2/c1-15-2-4-16(5-3-15)19-14-29-20(21-19)22-10-12-23(13-11-22)30(27,28)18-8-6-17(7-9-18)24(25)26/h2-9,14H,10-13H2,1H3. The van der Waals surface area contributed by atoms with E-state index in [9.17, 15) is 18.5 Å². The largest absolute Gasteiger partial charge is 0.345 e. The van der Waals surface area contributed by atoms with Crippen molar-refractivity contribution in [2.24, 2.45) is 0 Å². The number of non-ortho nitro benzene ring substituents is 1. The average Bonchev–Trinajstić information content (AvgIpc) is 3.25. The molecule has 1 aliphatic heterocycles. The molecule has 0 atom stereocenters. The van der Waals surface area contributed by atoms with Gasteiger partial charge in [0.2, 0.25) is 10.0 Å². The van der Waals surface area contributed by atoms with Gasteiger partial charge in [-0.2, -0.15) is 4.31 Å². The Morgan fingerprint density at radius 2 is 1.63 bits per heavy atom. The Kier molecular flexibility index (Phi) is 5.54. The molecule has 0 radical (unpaired) electrons. The van der Waals surface area contributed by atoms with E-state index in [1.807, 2.05) is 24.4 Å². The Morgan fingerprint density at radius 3 is 2.23 bits per heavy atom. The molecule has 0 aliphatic carbocycles. The predicted octanol–water partition coefficient (Wildman–Crippen LogP) is 3.54. The lowest BCUT2D eigenvalue weighted by Crippen LogP contribution is -2.48. The lowest BCUT2D eigenvalue weighted by Gasteiger charge is -2.33. The number of hydrogen-bond acceptors (Lipinski definition) is 7. The van der Waals surface area contributed by atoms with E-state index in [0.717, 1.165) is 16.4 Å². The monoisotopic (exact) mass is 444 g/mol. The highest BCUT2D eigenvalue weighted by Crippen LogP contribution is 2.29. The van der Waals surface area contributed by atoms with Crippen LogP contribution in [0.4, 0.5) is 10.8 Å². The van der Waals surface area contributed by atoms with Crippen molar-refractivity contribution in [3.8, 4) is 11.3 Å². The summed E-state index contributed by atoms with van der Waals surface area (Å²) in [5.74, 6) is 0. The highest BCUT2D eigenvalue weighted by molar-refractivity contribution is 7.89. The second-order valence-corrected chi connectivity index (χ2v) is 9.80. The van der Waals surface area contributed by atoms with Gasteiger partial charge in [-0.25, -0.2) is 13.4 Å². The first-order valence-electron chi connectivity index (χ1n) is 9.37. The van der Waals surface area contributed by atoms with E-state index in [4.69, 9.17) is 4.98 Å². The van der Waals surface area contributed by atoms with Gasteiger partial charge in [-0.05, 0) is 19.1 Å². The molecule has 0 bridgehead atoms. The van der Waals surface area contributed by atoms with Crippen molar-refractivity contribution in [3.05, 3.63) is 69.6 Å². The minimum atomic E-state index is -3.68. The Balaban J connectivity index is 1.43. The minimum Gasteiger partial charge on any atom is -0.345 e. The molecule has 1 saturated heterocycles. The summed E-state index contributed by atoms with van der Waals surface area (Å²) in [5.41, 5.74) is 3.03. The molecule has 8 nitrogen and oxygen atoms in total. The molecule has 3 aromatic rings. The van der Waals surface area contributed by atoms with Crippen molar-refractivity contribution in [3.63, 3.8) is 0 Å². The molecule has 0 unspecified atom stereocenters. The quantitative estimate of drug-likeness (QED) is 0.441. The molecule has 2 aromatic carbocycles. The molecule has 30 heavy (non-hydrogen) atoms. The Labute approximate surface area is 178 Å². The third-order valence-electron chi connectivity index (χ3n) is 5.03. The van der Waals surface area contributed by atoms with Gasteiger partial charge in [-0.15, -0.1) is 11.3 Å². The molecule has 1 aromatic heterocycles. The zero-order chi connectivity index (χ0) is 21.3. The molecule has 0 saturated carbocycles. The second kappa shape index (κ2) is 8.13. The number of piperazine rings is 1. The molecular formula is C20H20N4O4S2. The van der Waals surface area contributed by atoms with Crippen LogP contribution in [0.25, 0.3) is 11.3 Å². The van der Waals surface area contributed by atoms with Crippen LogP contribution in [0.15, 0.2) is 58.8 Å². The Bertz CT molecular complexity index is 1150. The van der Waals surface area contributed by atoms with Crippen LogP contribution in [0, 0.1) is 17.0 Å². The highest BCUT2D eigenvalue weighted by atomic mass is 32.2. The third-order valence-corrected chi connectivity index (χ3v) is 7.85. The molecule has 1 aliphatic rings. The fourth-order valence-electron chi connectivity index (χ4n) is 3.28. The van der Waals surface area contributed by atoms with Crippen LogP contribution in [-0.2, 0) is 10.0 Å². The summed E-state index contributed by atoms with van der Waals surface area (Å²) < 4.78 is 27.1. The van der Waals surface area contributed by atoms with Gasteiger partial charge in [0.15, 0.2) is 5.13 Å². The molecule has 4 rings (SSSR count). The number of nitro groups is 1. The Morgan fingerprint density at radius 1 is 1.00 bits per heavy atom. The van der Waals surface area contributed by atoms with Crippen molar-refractivity contribution in [1.82, 2.24) is 9.29 Å². The topological polar surface area (TPSA) is 96.7 Å². The minimum absolute atomic E-state index is 0.0671. The lowest BCUT2D eigenvalue weighted by atomic mass is 10.1. The maximum absolute atomic E-state index is 12.9. The van der Waals surface area contributed by atoms with Crippen molar-refractivity contribution in [2.75, 3.05) is 31.1 Å². The van der Waals surface area contributed by atoms with Gasteiger partial charge in [0.1, 0.15) is 0 Å². The van der Waals surface area contributed by atoms with Gasteiger partial charge in [-0.1, -0.05) is 29.8 Å². The number of nitrogens with zero attached hydrogens (tertiary/aromatic N) is 4. The first-order chi connectivity index (χ1) is 14.3. The molecule has 0 amide bonds. The number of benzene rings is 2. The fraction of sp³-hybridized carbons (Fsp3) is 0.250. The summed E-state index contributed by atoms with van der Waals surface area (Å²) >= 11 is 1.55.